The van der Waals surface area contributed by atoms with Crippen molar-refractivity contribution in [2.24, 2.45) is 5.73 Å². The number of amides is 1. The van der Waals surface area contributed by atoms with Crippen LogP contribution in [-0.4, -0.2) is 25.2 Å². The summed E-state index contributed by atoms with van der Waals surface area (Å²) >= 11 is 0. The molecule has 0 atom stereocenters. The second kappa shape index (κ2) is 5.01. The van der Waals surface area contributed by atoms with Crippen LogP contribution in [0.5, 0.6) is 17.2 Å². The molecule has 8 nitrogen and oxygen atoms in total. The Kier molecular flexibility index (Phi) is 3.70. The number of carbonyl (C=O) groups is 1. The maximum absolute atomic E-state index is 10.7. The highest BCUT2D eigenvalue weighted by atomic mass is 16.6. The van der Waals surface area contributed by atoms with E-state index in [0.717, 1.165) is 12.1 Å². The zero-order chi connectivity index (χ0) is 13.0. The molecule has 92 valence electrons. The topological polar surface area (TPSA) is 114 Å². The molecule has 1 aromatic carbocycles. The Balaban J connectivity index is 3.34. The van der Waals surface area contributed by atoms with E-state index in [1.165, 1.54) is 14.2 Å². The molecule has 1 rings (SSSR count). The van der Waals surface area contributed by atoms with E-state index in [2.05, 4.69) is 4.74 Å². The normalized spacial score (nSPS) is 9.53. The molecule has 0 bridgehead atoms. The number of rotatable bonds is 4. The van der Waals surface area contributed by atoms with Crippen LogP contribution in [-0.2, 0) is 0 Å². The SMILES string of the molecule is COc1cc(OC(N)=O)c([N+](=O)[O-])cc1OC. The fraction of sp³-hybridized carbons (Fsp3) is 0.222. The van der Waals surface area contributed by atoms with E-state index in [0.29, 0.717) is 0 Å². The van der Waals surface area contributed by atoms with Gasteiger partial charge < -0.3 is 19.9 Å². The number of hydrogen-bond donors (Lipinski definition) is 1. The molecule has 0 saturated heterocycles. The lowest BCUT2D eigenvalue weighted by molar-refractivity contribution is -0.385. The van der Waals surface area contributed by atoms with Crippen LogP contribution >= 0.6 is 0 Å². The lowest BCUT2D eigenvalue weighted by Crippen LogP contribution is -2.17. The zero-order valence-electron chi connectivity index (χ0n) is 9.13. The molecule has 2 N–H and O–H groups in total. The third kappa shape index (κ3) is 2.74. The molecule has 0 fully saturated rings. The summed E-state index contributed by atoms with van der Waals surface area (Å²) in [6.45, 7) is 0. The first-order valence-corrected chi connectivity index (χ1v) is 4.37. The highest BCUT2D eigenvalue weighted by Crippen LogP contribution is 2.38. The van der Waals surface area contributed by atoms with Crippen molar-refractivity contribution in [1.82, 2.24) is 0 Å². The van der Waals surface area contributed by atoms with Gasteiger partial charge in [0.1, 0.15) is 0 Å². The Morgan fingerprint density at radius 2 is 1.76 bits per heavy atom. The summed E-state index contributed by atoms with van der Waals surface area (Å²) < 4.78 is 14.3. The molecule has 0 radical (unpaired) electrons. The van der Waals surface area contributed by atoms with Crippen molar-refractivity contribution in [2.45, 2.75) is 0 Å². The van der Waals surface area contributed by atoms with Crippen molar-refractivity contribution in [3.05, 3.63) is 22.2 Å². The molecular formula is C9H10N2O6. The number of nitrogens with two attached hydrogens (primary N) is 1. The fourth-order valence-corrected chi connectivity index (χ4v) is 1.18. The summed E-state index contributed by atoms with van der Waals surface area (Å²) in [6, 6.07) is 2.23. The van der Waals surface area contributed by atoms with Gasteiger partial charge in [-0.1, -0.05) is 0 Å². The van der Waals surface area contributed by atoms with Crippen LogP contribution in [0.25, 0.3) is 0 Å². The minimum Gasteiger partial charge on any atom is -0.493 e. The van der Waals surface area contributed by atoms with E-state index < -0.39 is 16.7 Å². The number of primary amides is 1. The molecule has 0 unspecified atom stereocenters. The standard InChI is InChI=1S/C9H10N2O6/c1-15-7-3-5(11(13)14)6(17-9(10)12)4-8(7)16-2/h3-4H,1-2H3,(H2,10,12). The van der Waals surface area contributed by atoms with Crippen molar-refractivity contribution in [3.8, 4) is 17.2 Å². The maximum Gasteiger partial charge on any atom is 0.410 e. The lowest BCUT2D eigenvalue weighted by Gasteiger charge is -2.09. The first-order chi connectivity index (χ1) is 7.99. The van der Waals surface area contributed by atoms with Crippen LogP contribution in [0, 0.1) is 10.1 Å². The number of carbonyl (C=O) groups excluding carboxylic acids is 1. The monoisotopic (exact) mass is 242 g/mol. The van der Waals surface area contributed by atoms with Crippen LogP contribution < -0.4 is 19.9 Å². The predicted octanol–water partition coefficient (Wildman–Crippen LogP) is 1.07. The quantitative estimate of drug-likeness (QED) is 0.623. The fourth-order valence-electron chi connectivity index (χ4n) is 1.18. The van der Waals surface area contributed by atoms with Crippen molar-refractivity contribution in [1.29, 1.82) is 0 Å². The zero-order valence-corrected chi connectivity index (χ0v) is 9.13. The molecule has 1 aromatic rings. The second-order valence-corrected chi connectivity index (χ2v) is 2.85. The van der Waals surface area contributed by atoms with Crippen molar-refractivity contribution >= 4 is 11.8 Å². The predicted molar refractivity (Wildman–Crippen MR) is 56.4 cm³/mol. The highest BCUT2D eigenvalue weighted by Gasteiger charge is 2.22. The minimum absolute atomic E-state index is 0.149. The van der Waals surface area contributed by atoms with E-state index in [1.807, 2.05) is 0 Å². The van der Waals surface area contributed by atoms with E-state index in [9.17, 15) is 14.9 Å². The molecule has 0 saturated carbocycles. The smallest absolute Gasteiger partial charge is 0.410 e. The van der Waals surface area contributed by atoms with Gasteiger partial charge in [0.25, 0.3) is 0 Å². The molecule has 0 aliphatic heterocycles. The number of nitrogens with zero attached hydrogens (tertiary/aromatic N) is 1. The van der Waals surface area contributed by atoms with Gasteiger partial charge in [0.15, 0.2) is 11.5 Å². The Morgan fingerprint density at radius 3 is 2.18 bits per heavy atom. The minimum atomic E-state index is -1.15. The maximum atomic E-state index is 10.7. The summed E-state index contributed by atoms with van der Waals surface area (Å²) in [5, 5.41) is 10.7. The Bertz CT molecular complexity index is 459. The Labute approximate surface area is 96.0 Å². The molecule has 17 heavy (non-hydrogen) atoms. The van der Waals surface area contributed by atoms with Gasteiger partial charge in [-0.25, -0.2) is 4.79 Å². The van der Waals surface area contributed by atoms with Crippen molar-refractivity contribution in [3.63, 3.8) is 0 Å². The molecular weight excluding hydrogens is 232 g/mol. The number of nitro groups is 1. The molecule has 8 heteroatoms. The van der Waals surface area contributed by atoms with Crippen molar-refractivity contribution in [2.75, 3.05) is 14.2 Å². The highest BCUT2D eigenvalue weighted by molar-refractivity contribution is 5.71. The summed E-state index contributed by atoms with van der Waals surface area (Å²) in [5.74, 6) is 0.0329. The first-order valence-electron chi connectivity index (χ1n) is 4.37. The van der Waals surface area contributed by atoms with Gasteiger partial charge >= 0.3 is 11.8 Å². The largest absolute Gasteiger partial charge is 0.493 e. The number of methoxy groups -OCH3 is 2. The summed E-state index contributed by atoms with van der Waals surface area (Å²) in [7, 11) is 2.67. The number of hydrogen-bond acceptors (Lipinski definition) is 6. The first kappa shape index (κ1) is 12.6. The second-order valence-electron chi connectivity index (χ2n) is 2.85. The average Bonchev–Trinajstić information content (AvgIpc) is 2.27. The van der Waals surface area contributed by atoms with Gasteiger partial charge in [0.2, 0.25) is 5.75 Å². The molecule has 0 aliphatic carbocycles. The molecule has 1 amide bonds. The van der Waals surface area contributed by atoms with Crippen LogP contribution in [0.3, 0.4) is 0 Å². The average molecular weight is 242 g/mol. The van der Waals surface area contributed by atoms with Gasteiger partial charge in [-0.15, -0.1) is 0 Å². The van der Waals surface area contributed by atoms with Gasteiger partial charge in [-0.3, -0.25) is 10.1 Å². The summed E-state index contributed by atoms with van der Waals surface area (Å²) in [5.41, 5.74) is 4.36. The van der Waals surface area contributed by atoms with E-state index in [-0.39, 0.29) is 17.2 Å². The Hall–Kier alpha value is -2.51. The van der Waals surface area contributed by atoms with Crippen LogP contribution in [0.1, 0.15) is 0 Å². The lowest BCUT2D eigenvalue weighted by atomic mass is 10.2. The van der Waals surface area contributed by atoms with Gasteiger partial charge in [0, 0.05) is 6.07 Å². The van der Waals surface area contributed by atoms with Gasteiger partial charge in [-0.2, -0.15) is 0 Å². The van der Waals surface area contributed by atoms with E-state index in [1.54, 1.807) is 0 Å². The Morgan fingerprint density at radius 1 is 1.24 bits per heavy atom. The summed E-state index contributed by atoms with van der Waals surface area (Å²) in [6.07, 6.45) is -1.15. The summed E-state index contributed by atoms with van der Waals surface area (Å²) in [4.78, 5) is 20.6. The van der Waals surface area contributed by atoms with Gasteiger partial charge in [-0.05, 0) is 0 Å². The van der Waals surface area contributed by atoms with Crippen LogP contribution in [0.2, 0.25) is 0 Å². The van der Waals surface area contributed by atoms with Crippen LogP contribution in [0.15, 0.2) is 12.1 Å². The van der Waals surface area contributed by atoms with Gasteiger partial charge in [0.05, 0.1) is 25.2 Å². The third-order valence-electron chi connectivity index (χ3n) is 1.87. The molecule has 0 heterocycles. The van der Waals surface area contributed by atoms with Crippen LogP contribution in [0.4, 0.5) is 10.5 Å². The third-order valence-corrected chi connectivity index (χ3v) is 1.87. The van der Waals surface area contributed by atoms with E-state index in [4.69, 9.17) is 15.2 Å². The van der Waals surface area contributed by atoms with Crippen molar-refractivity contribution < 1.29 is 23.9 Å². The molecule has 0 spiro atoms. The van der Waals surface area contributed by atoms with E-state index >= 15 is 0 Å². The number of nitro benzene ring substituents is 1. The number of benzene rings is 1. The number of ether oxygens (including phenoxy) is 3. The molecule has 0 aliphatic rings. The molecule has 0 aromatic heterocycles.